The van der Waals surface area contributed by atoms with E-state index < -0.39 is 0 Å². The Balaban J connectivity index is 1.58. The molecule has 0 saturated carbocycles. The summed E-state index contributed by atoms with van der Waals surface area (Å²) in [5, 5.41) is 7.36. The van der Waals surface area contributed by atoms with Crippen LogP contribution in [0.25, 0.3) is 5.82 Å². The zero-order valence-corrected chi connectivity index (χ0v) is 15.1. The van der Waals surface area contributed by atoms with Crippen molar-refractivity contribution in [2.24, 2.45) is 0 Å². The summed E-state index contributed by atoms with van der Waals surface area (Å²) < 4.78 is 7.10. The van der Waals surface area contributed by atoms with E-state index in [2.05, 4.69) is 20.3 Å². The van der Waals surface area contributed by atoms with Crippen molar-refractivity contribution in [3.63, 3.8) is 0 Å². The van der Waals surface area contributed by atoms with Gasteiger partial charge in [0.2, 0.25) is 0 Å². The lowest BCUT2D eigenvalue weighted by molar-refractivity contribution is 0.102. The largest absolute Gasteiger partial charge is 0.378 e. The second-order valence-electron chi connectivity index (χ2n) is 6.31. The molecule has 3 aromatic rings. The van der Waals surface area contributed by atoms with Crippen molar-refractivity contribution in [2.45, 2.75) is 6.92 Å². The molecule has 138 valence electrons. The van der Waals surface area contributed by atoms with Crippen molar-refractivity contribution in [3.8, 4) is 5.82 Å². The van der Waals surface area contributed by atoms with Crippen LogP contribution in [0.1, 0.15) is 16.1 Å². The third kappa shape index (κ3) is 3.54. The van der Waals surface area contributed by atoms with E-state index in [-0.39, 0.29) is 5.91 Å². The van der Waals surface area contributed by atoms with Crippen molar-refractivity contribution in [1.29, 1.82) is 0 Å². The molecule has 0 radical (unpaired) electrons. The molecule has 1 amide bonds. The number of nitrogens with zero attached hydrogens (tertiary/aromatic N) is 4. The number of anilines is 2. The van der Waals surface area contributed by atoms with Crippen molar-refractivity contribution < 1.29 is 9.53 Å². The number of rotatable bonds is 4. The molecule has 0 atom stereocenters. The molecule has 0 unspecified atom stereocenters. The Hall–Kier alpha value is -3.19. The second-order valence-corrected chi connectivity index (χ2v) is 6.31. The van der Waals surface area contributed by atoms with Crippen LogP contribution >= 0.6 is 0 Å². The lowest BCUT2D eigenvalue weighted by atomic mass is 10.2. The van der Waals surface area contributed by atoms with Gasteiger partial charge in [-0.2, -0.15) is 5.10 Å². The van der Waals surface area contributed by atoms with Gasteiger partial charge >= 0.3 is 0 Å². The molecule has 1 aromatic carbocycles. The van der Waals surface area contributed by atoms with Crippen LogP contribution in [0.2, 0.25) is 0 Å². The molecule has 1 aliphatic rings. The molecule has 1 N–H and O–H groups in total. The van der Waals surface area contributed by atoms with Crippen LogP contribution in [-0.2, 0) is 4.74 Å². The van der Waals surface area contributed by atoms with Crippen LogP contribution in [-0.4, -0.2) is 47.0 Å². The van der Waals surface area contributed by atoms with Gasteiger partial charge in [0.25, 0.3) is 5.91 Å². The van der Waals surface area contributed by atoms with Crippen molar-refractivity contribution in [1.82, 2.24) is 14.8 Å². The van der Waals surface area contributed by atoms with Crippen molar-refractivity contribution in [3.05, 3.63) is 66.1 Å². The molecule has 0 bridgehead atoms. The van der Waals surface area contributed by atoms with Gasteiger partial charge in [-0.1, -0.05) is 18.2 Å². The molecule has 7 heteroatoms. The Bertz CT molecular complexity index is 933. The highest BCUT2D eigenvalue weighted by Gasteiger charge is 2.19. The van der Waals surface area contributed by atoms with E-state index in [9.17, 15) is 4.79 Å². The van der Waals surface area contributed by atoms with Gasteiger partial charge in [-0.05, 0) is 31.2 Å². The van der Waals surface area contributed by atoms with Crippen LogP contribution < -0.4 is 10.2 Å². The van der Waals surface area contributed by atoms with Gasteiger partial charge in [-0.15, -0.1) is 0 Å². The number of ether oxygens (including phenoxy) is 1. The second kappa shape index (κ2) is 7.59. The lowest BCUT2D eigenvalue weighted by Gasteiger charge is -2.30. The first kappa shape index (κ1) is 17.2. The maximum absolute atomic E-state index is 12.9. The van der Waals surface area contributed by atoms with Crippen LogP contribution in [0.4, 0.5) is 11.4 Å². The Kier molecular flexibility index (Phi) is 4.84. The molecule has 7 nitrogen and oxygen atoms in total. The first-order valence-corrected chi connectivity index (χ1v) is 8.93. The average molecular weight is 363 g/mol. The Morgan fingerprint density at radius 1 is 1.11 bits per heavy atom. The minimum Gasteiger partial charge on any atom is -0.378 e. The van der Waals surface area contributed by atoms with Gasteiger partial charge in [0, 0.05) is 19.3 Å². The minimum absolute atomic E-state index is 0.185. The number of hydrogen-bond acceptors (Lipinski definition) is 5. The fraction of sp³-hybridized carbons (Fsp3) is 0.250. The van der Waals surface area contributed by atoms with Crippen molar-refractivity contribution in [2.75, 3.05) is 36.5 Å². The average Bonchev–Trinajstić information content (AvgIpc) is 3.11. The highest BCUT2D eigenvalue weighted by atomic mass is 16.5. The van der Waals surface area contributed by atoms with E-state index in [4.69, 9.17) is 4.74 Å². The molecule has 1 fully saturated rings. The predicted molar refractivity (Wildman–Crippen MR) is 104 cm³/mol. The molecular formula is C20H21N5O2. The molecule has 0 aliphatic carbocycles. The van der Waals surface area contributed by atoms with E-state index in [1.54, 1.807) is 17.1 Å². The molecule has 27 heavy (non-hydrogen) atoms. The van der Waals surface area contributed by atoms with Gasteiger partial charge in [0.1, 0.15) is 0 Å². The molecular weight excluding hydrogens is 342 g/mol. The summed E-state index contributed by atoms with van der Waals surface area (Å²) in [6.07, 6.45) is 3.28. The number of carbonyl (C=O) groups excluding carboxylic acids is 1. The van der Waals surface area contributed by atoms with Crippen LogP contribution in [0.5, 0.6) is 0 Å². The fourth-order valence-electron chi connectivity index (χ4n) is 3.19. The number of para-hydroxylation sites is 2. The summed E-state index contributed by atoms with van der Waals surface area (Å²) in [7, 11) is 0. The first-order chi connectivity index (χ1) is 13.2. The van der Waals surface area contributed by atoms with Gasteiger partial charge in [0.15, 0.2) is 5.82 Å². The van der Waals surface area contributed by atoms with E-state index in [0.717, 1.165) is 30.2 Å². The summed E-state index contributed by atoms with van der Waals surface area (Å²) in [5.41, 5.74) is 3.06. The van der Waals surface area contributed by atoms with Crippen LogP contribution in [0.15, 0.2) is 54.9 Å². The maximum Gasteiger partial charge on any atom is 0.259 e. The summed E-state index contributed by atoms with van der Waals surface area (Å²) >= 11 is 0. The lowest BCUT2D eigenvalue weighted by Crippen LogP contribution is -2.36. The molecule has 2 aromatic heterocycles. The minimum atomic E-state index is -0.185. The monoisotopic (exact) mass is 363 g/mol. The highest BCUT2D eigenvalue weighted by molar-refractivity contribution is 6.06. The number of aromatic nitrogens is 3. The molecule has 4 rings (SSSR count). The maximum atomic E-state index is 12.9. The van der Waals surface area contributed by atoms with E-state index in [0.29, 0.717) is 24.6 Å². The van der Waals surface area contributed by atoms with E-state index in [1.165, 1.54) is 0 Å². The number of benzene rings is 1. The molecule has 1 saturated heterocycles. The number of amides is 1. The normalized spacial score (nSPS) is 14.2. The number of pyridine rings is 1. The number of nitrogens with one attached hydrogen (secondary N) is 1. The van der Waals surface area contributed by atoms with Gasteiger partial charge < -0.3 is 15.0 Å². The Labute approximate surface area is 157 Å². The summed E-state index contributed by atoms with van der Waals surface area (Å²) in [6.45, 7) is 4.87. The fourth-order valence-corrected chi connectivity index (χ4v) is 3.19. The Morgan fingerprint density at radius 2 is 1.89 bits per heavy atom. The first-order valence-electron chi connectivity index (χ1n) is 8.93. The number of carbonyl (C=O) groups is 1. The molecule has 3 heterocycles. The highest BCUT2D eigenvalue weighted by Crippen LogP contribution is 2.27. The van der Waals surface area contributed by atoms with Gasteiger partial charge in [-0.3, -0.25) is 4.79 Å². The smallest absolute Gasteiger partial charge is 0.259 e. The topological polar surface area (TPSA) is 72.3 Å². The van der Waals surface area contributed by atoms with Crippen LogP contribution in [0, 0.1) is 6.92 Å². The zero-order chi connectivity index (χ0) is 18.6. The number of hydrogen-bond donors (Lipinski definition) is 1. The van der Waals surface area contributed by atoms with E-state index in [1.807, 2.05) is 49.4 Å². The third-order valence-corrected chi connectivity index (χ3v) is 4.62. The zero-order valence-electron chi connectivity index (χ0n) is 15.1. The van der Waals surface area contributed by atoms with Gasteiger partial charge in [0.05, 0.1) is 42.0 Å². The number of morpholine rings is 1. The SMILES string of the molecule is Cc1c(C(=O)Nc2ccccc2N2CCOCC2)cnn1-c1ccccn1. The molecule has 0 spiro atoms. The summed E-state index contributed by atoms with van der Waals surface area (Å²) in [6, 6.07) is 13.4. The summed E-state index contributed by atoms with van der Waals surface area (Å²) in [4.78, 5) is 19.4. The van der Waals surface area contributed by atoms with Crippen molar-refractivity contribution >= 4 is 17.3 Å². The van der Waals surface area contributed by atoms with Crippen LogP contribution in [0.3, 0.4) is 0 Å². The third-order valence-electron chi connectivity index (χ3n) is 4.62. The quantitative estimate of drug-likeness (QED) is 0.772. The van der Waals surface area contributed by atoms with E-state index >= 15 is 0 Å². The van der Waals surface area contributed by atoms with Gasteiger partial charge in [-0.25, -0.2) is 9.67 Å². The molecule has 1 aliphatic heterocycles. The predicted octanol–water partition coefficient (Wildman–Crippen LogP) is 2.66. The summed E-state index contributed by atoms with van der Waals surface area (Å²) in [5.74, 6) is 0.498. The standard InChI is InChI=1S/C20H21N5O2/c1-15-16(14-22-25(15)19-8-4-5-9-21-19)20(26)23-17-6-2-3-7-18(17)24-10-12-27-13-11-24/h2-9,14H,10-13H2,1H3,(H,23,26). The Morgan fingerprint density at radius 3 is 2.67 bits per heavy atom.